The molecule has 11 nitrogen and oxygen atoms in total. The Morgan fingerprint density at radius 2 is 2.00 bits per heavy atom. The molecular formula is C10H8N4O7. The number of hydrogen-bond donors (Lipinski definition) is 3. The van der Waals surface area contributed by atoms with Crippen LogP contribution in [0.3, 0.4) is 0 Å². The van der Waals surface area contributed by atoms with Gasteiger partial charge in [0.15, 0.2) is 0 Å². The molecule has 2 heterocycles. The van der Waals surface area contributed by atoms with Gasteiger partial charge in [-0.05, 0) is 0 Å². The van der Waals surface area contributed by atoms with Crippen LogP contribution in [0, 0.1) is 0 Å². The van der Waals surface area contributed by atoms with Gasteiger partial charge in [0.1, 0.15) is 6.61 Å². The Labute approximate surface area is 113 Å². The summed E-state index contributed by atoms with van der Waals surface area (Å²) < 4.78 is 0.428. The van der Waals surface area contributed by atoms with Gasteiger partial charge >= 0.3 is 17.5 Å². The van der Waals surface area contributed by atoms with Crippen molar-refractivity contribution in [3.8, 4) is 0 Å². The van der Waals surface area contributed by atoms with Gasteiger partial charge in [-0.3, -0.25) is 14.6 Å². The maximum absolute atomic E-state index is 11.7. The predicted octanol–water partition coefficient (Wildman–Crippen LogP) is -2.46. The van der Waals surface area contributed by atoms with Crippen molar-refractivity contribution in [2.45, 2.75) is 6.61 Å². The van der Waals surface area contributed by atoms with Crippen LogP contribution in [0.15, 0.2) is 37.6 Å². The molecule has 0 saturated heterocycles. The molecule has 0 bridgehead atoms. The van der Waals surface area contributed by atoms with Crippen molar-refractivity contribution >= 4 is 6.09 Å². The molecule has 21 heavy (non-hydrogen) atoms. The highest BCUT2D eigenvalue weighted by Crippen LogP contribution is 1.86. The second-order valence-electron chi connectivity index (χ2n) is 3.75. The van der Waals surface area contributed by atoms with Crippen molar-refractivity contribution in [3.63, 3.8) is 0 Å². The van der Waals surface area contributed by atoms with E-state index in [2.05, 4.69) is 4.98 Å². The van der Waals surface area contributed by atoms with Gasteiger partial charge in [0.25, 0.3) is 11.1 Å². The monoisotopic (exact) mass is 296 g/mol. The van der Waals surface area contributed by atoms with Crippen LogP contribution in [-0.4, -0.2) is 30.5 Å². The topological polar surface area (TPSA) is 156 Å². The van der Waals surface area contributed by atoms with Crippen LogP contribution in [0.5, 0.6) is 0 Å². The molecule has 11 heteroatoms. The maximum atomic E-state index is 11.7. The summed E-state index contributed by atoms with van der Waals surface area (Å²) in [6.45, 7) is -0.427. The fourth-order valence-electron chi connectivity index (χ4n) is 1.42. The molecule has 0 unspecified atom stereocenters. The van der Waals surface area contributed by atoms with Gasteiger partial charge in [0.05, 0.1) is 11.8 Å². The minimum atomic E-state index is -1.76. The molecule has 2 aromatic heterocycles. The van der Waals surface area contributed by atoms with E-state index >= 15 is 0 Å². The van der Waals surface area contributed by atoms with E-state index < -0.39 is 35.2 Å². The zero-order chi connectivity index (χ0) is 15.6. The number of carbonyl (C=O) groups is 1. The van der Waals surface area contributed by atoms with Gasteiger partial charge in [-0.15, -0.1) is 4.73 Å². The lowest BCUT2D eigenvalue weighted by molar-refractivity contribution is 0.0809. The highest BCUT2D eigenvalue weighted by molar-refractivity contribution is 5.67. The van der Waals surface area contributed by atoms with E-state index in [4.69, 9.17) is 9.94 Å². The molecule has 0 aliphatic carbocycles. The third-order valence-electron chi connectivity index (χ3n) is 2.40. The summed E-state index contributed by atoms with van der Waals surface area (Å²) in [5.41, 5.74) is -3.71. The van der Waals surface area contributed by atoms with Gasteiger partial charge in [0.2, 0.25) is 0 Å². The second kappa shape index (κ2) is 5.32. The number of rotatable bonds is 3. The Morgan fingerprint density at radius 3 is 2.62 bits per heavy atom. The first kappa shape index (κ1) is 14.0. The molecular weight excluding hydrogens is 288 g/mol. The number of aromatic amines is 2. The maximum Gasteiger partial charge on any atom is 0.422 e. The summed E-state index contributed by atoms with van der Waals surface area (Å²) in [6.07, 6.45) is 0.244. The average Bonchev–Trinajstić information content (AvgIpc) is 2.39. The van der Waals surface area contributed by atoms with Gasteiger partial charge < -0.3 is 14.9 Å². The Kier molecular flexibility index (Phi) is 3.56. The van der Waals surface area contributed by atoms with E-state index in [-0.39, 0.29) is 10.1 Å². The second-order valence-corrected chi connectivity index (χ2v) is 3.75. The molecule has 2 aromatic rings. The highest BCUT2D eigenvalue weighted by Gasteiger charge is 2.12. The zero-order valence-corrected chi connectivity index (χ0v) is 10.2. The Hall–Kier alpha value is -3.37. The van der Waals surface area contributed by atoms with Crippen molar-refractivity contribution in [1.29, 1.82) is 0 Å². The van der Waals surface area contributed by atoms with Crippen LogP contribution in [0.2, 0.25) is 0 Å². The Bertz CT molecular complexity index is 916. The quantitative estimate of drug-likeness (QED) is 0.567. The molecule has 3 N–H and O–H groups in total. The fourth-order valence-corrected chi connectivity index (χ4v) is 1.42. The molecule has 0 spiro atoms. The largest absolute Gasteiger partial charge is 0.464 e. The standard InChI is InChI=1S/C10H8N4O7/c15-6-1-2-13(9(18)14(6)10(19)20)21-4-5-3-11-8(17)12-7(5)16/h1-3H,4H2,(H,19,20)(H2,11,12,16,17). The first-order chi connectivity index (χ1) is 9.90. The number of hydrogen-bond acceptors (Lipinski definition) is 6. The fraction of sp³-hybridized carbons (Fsp3) is 0.100. The number of carboxylic acid groups (broad SMARTS) is 1. The van der Waals surface area contributed by atoms with E-state index in [9.17, 15) is 24.0 Å². The van der Waals surface area contributed by atoms with Crippen molar-refractivity contribution in [3.05, 3.63) is 65.7 Å². The molecule has 0 aliphatic rings. The number of nitrogens with zero attached hydrogens (tertiary/aromatic N) is 2. The van der Waals surface area contributed by atoms with E-state index in [0.29, 0.717) is 4.73 Å². The SMILES string of the molecule is O=C(O)n1c(=O)ccn(OCc2c[nH]c(=O)[nH]c2=O)c1=O. The van der Waals surface area contributed by atoms with Crippen LogP contribution < -0.4 is 27.3 Å². The summed E-state index contributed by atoms with van der Waals surface area (Å²) in [7, 11) is 0. The van der Waals surface area contributed by atoms with Crippen LogP contribution in [0.25, 0.3) is 0 Å². The van der Waals surface area contributed by atoms with Gasteiger partial charge in [-0.25, -0.2) is 14.4 Å². The van der Waals surface area contributed by atoms with E-state index in [1.54, 1.807) is 0 Å². The summed E-state index contributed by atoms with van der Waals surface area (Å²) in [5.74, 6) is 0. The molecule has 0 fully saturated rings. The van der Waals surface area contributed by atoms with Crippen LogP contribution in [0.4, 0.5) is 4.79 Å². The molecule has 2 rings (SSSR count). The van der Waals surface area contributed by atoms with Gasteiger partial charge in [-0.1, -0.05) is 0 Å². The van der Waals surface area contributed by atoms with Crippen LogP contribution in [0.1, 0.15) is 5.56 Å². The lowest BCUT2D eigenvalue weighted by Gasteiger charge is -2.08. The molecule has 0 atom stereocenters. The van der Waals surface area contributed by atoms with Crippen LogP contribution >= 0.6 is 0 Å². The molecule has 0 amide bonds. The summed E-state index contributed by atoms with van der Waals surface area (Å²) in [6, 6.07) is 0.812. The molecule has 0 aromatic carbocycles. The molecule has 110 valence electrons. The number of H-pyrrole nitrogens is 2. The summed E-state index contributed by atoms with van der Waals surface area (Å²) in [4.78, 5) is 64.9. The van der Waals surface area contributed by atoms with Crippen molar-refractivity contribution < 1.29 is 14.7 Å². The third-order valence-corrected chi connectivity index (χ3v) is 2.40. The zero-order valence-electron chi connectivity index (χ0n) is 10.2. The van der Waals surface area contributed by atoms with E-state index in [1.807, 2.05) is 4.98 Å². The Morgan fingerprint density at radius 1 is 1.29 bits per heavy atom. The highest BCUT2D eigenvalue weighted by atomic mass is 16.7. The first-order valence-corrected chi connectivity index (χ1v) is 5.42. The molecule has 0 saturated carbocycles. The summed E-state index contributed by atoms with van der Waals surface area (Å²) >= 11 is 0. The first-order valence-electron chi connectivity index (χ1n) is 5.42. The van der Waals surface area contributed by atoms with E-state index in [0.717, 1.165) is 18.5 Å². The third kappa shape index (κ3) is 2.80. The lowest BCUT2D eigenvalue weighted by atomic mass is 10.4. The van der Waals surface area contributed by atoms with Gasteiger partial charge in [-0.2, -0.15) is 4.57 Å². The number of aromatic nitrogens is 4. The van der Waals surface area contributed by atoms with Crippen molar-refractivity contribution in [2.75, 3.05) is 0 Å². The smallest absolute Gasteiger partial charge is 0.422 e. The Balaban J connectivity index is 2.33. The average molecular weight is 296 g/mol. The number of nitrogens with one attached hydrogen (secondary N) is 2. The predicted molar refractivity (Wildman–Crippen MR) is 66.4 cm³/mol. The molecule has 0 radical (unpaired) electrons. The van der Waals surface area contributed by atoms with Gasteiger partial charge in [0, 0.05) is 12.3 Å². The van der Waals surface area contributed by atoms with Crippen LogP contribution in [-0.2, 0) is 6.61 Å². The van der Waals surface area contributed by atoms with E-state index in [1.165, 1.54) is 0 Å². The summed E-state index contributed by atoms with van der Waals surface area (Å²) in [5, 5.41) is 8.73. The minimum Gasteiger partial charge on any atom is -0.464 e. The molecule has 0 aliphatic heterocycles. The van der Waals surface area contributed by atoms with Crippen molar-refractivity contribution in [2.24, 2.45) is 0 Å². The normalized spacial score (nSPS) is 10.3. The lowest BCUT2D eigenvalue weighted by Crippen LogP contribution is -2.44. The van der Waals surface area contributed by atoms with Crippen molar-refractivity contribution in [1.82, 2.24) is 19.3 Å². The minimum absolute atomic E-state index is 0.00502.